The van der Waals surface area contributed by atoms with Crippen molar-refractivity contribution < 1.29 is 9.59 Å². The molecular weight excluding hydrogens is 394 g/mol. The third-order valence-corrected chi connectivity index (χ3v) is 6.90. The second kappa shape index (κ2) is 10.7. The van der Waals surface area contributed by atoms with Crippen LogP contribution in [0.2, 0.25) is 0 Å². The van der Waals surface area contributed by atoms with Crippen LogP contribution in [-0.4, -0.2) is 24.7 Å². The SMILES string of the molecule is CC(C)(C)C[C@H]1CCC[C@@H]1C(=O)C(C)(C)C.CC(C)(C)C[C@H]1CNC[C@@H]1C(=O)C(C)(C)C. The second-order valence-corrected chi connectivity index (χ2v) is 15.1. The first-order valence-electron chi connectivity index (χ1n) is 13.0. The van der Waals surface area contributed by atoms with Crippen LogP contribution in [0.3, 0.4) is 0 Å². The molecule has 1 saturated carbocycles. The van der Waals surface area contributed by atoms with Gasteiger partial charge < -0.3 is 5.32 Å². The van der Waals surface area contributed by atoms with Gasteiger partial charge in [0.15, 0.2) is 0 Å². The normalized spacial score (nSPS) is 27.1. The summed E-state index contributed by atoms with van der Waals surface area (Å²) in [5.41, 5.74) is 0.302. The van der Waals surface area contributed by atoms with Crippen LogP contribution in [0, 0.1) is 45.3 Å². The van der Waals surface area contributed by atoms with Crippen LogP contribution >= 0.6 is 0 Å². The minimum absolute atomic E-state index is 0.162. The van der Waals surface area contributed by atoms with Gasteiger partial charge in [0.05, 0.1) is 0 Å². The molecule has 1 saturated heterocycles. The van der Waals surface area contributed by atoms with E-state index in [9.17, 15) is 9.59 Å². The van der Waals surface area contributed by atoms with Gasteiger partial charge in [0.2, 0.25) is 0 Å². The molecule has 1 aliphatic carbocycles. The van der Waals surface area contributed by atoms with Crippen molar-refractivity contribution in [2.45, 2.75) is 115 Å². The third kappa shape index (κ3) is 9.65. The van der Waals surface area contributed by atoms with E-state index < -0.39 is 0 Å². The molecule has 1 heterocycles. The zero-order valence-electron chi connectivity index (χ0n) is 23.6. The summed E-state index contributed by atoms with van der Waals surface area (Å²) < 4.78 is 0. The lowest BCUT2D eigenvalue weighted by Crippen LogP contribution is -2.34. The van der Waals surface area contributed by atoms with Gasteiger partial charge in [0.25, 0.3) is 0 Å². The van der Waals surface area contributed by atoms with Gasteiger partial charge in [0, 0.05) is 29.2 Å². The second-order valence-electron chi connectivity index (χ2n) is 15.1. The summed E-state index contributed by atoms with van der Waals surface area (Å²) in [4.78, 5) is 24.7. The Balaban J connectivity index is 0.000000320. The summed E-state index contributed by atoms with van der Waals surface area (Å²) in [6, 6.07) is 0. The van der Waals surface area contributed by atoms with E-state index in [4.69, 9.17) is 0 Å². The van der Waals surface area contributed by atoms with Crippen molar-refractivity contribution in [2.24, 2.45) is 45.3 Å². The van der Waals surface area contributed by atoms with Crippen LogP contribution < -0.4 is 5.32 Å². The van der Waals surface area contributed by atoms with Crippen LogP contribution in [0.4, 0.5) is 0 Å². The first-order valence-corrected chi connectivity index (χ1v) is 13.0. The van der Waals surface area contributed by atoms with Crippen LogP contribution in [-0.2, 0) is 9.59 Å². The van der Waals surface area contributed by atoms with Crippen molar-refractivity contribution in [3.63, 3.8) is 0 Å². The van der Waals surface area contributed by atoms with E-state index in [0.29, 0.717) is 40.2 Å². The van der Waals surface area contributed by atoms with Crippen LogP contribution in [0.5, 0.6) is 0 Å². The molecule has 32 heavy (non-hydrogen) atoms. The zero-order chi connectivity index (χ0) is 25.1. The van der Waals surface area contributed by atoms with E-state index in [1.165, 1.54) is 19.3 Å². The van der Waals surface area contributed by atoms with Crippen molar-refractivity contribution in [3.8, 4) is 0 Å². The fourth-order valence-electron chi connectivity index (χ4n) is 5.57. The number of Topliss-reactive ketones (excluding diaryl/α,β-unsaturated/α-hetero) is 2. The molecule has 2 aliphatic rings. The predicted molar refractivity (Wildman–Crippen MR) is 138 cm³/mol. The molecule has 0 bridgehead atoms. The monoisotopic (exact) mass is 449 g/mol. The van der Waals surface area contributed by atoms with E-state index in [-0.39, 0.29) is 16.7 Å². The van der Waals surface area contributed by atoms with Gasteiger partial charge in [0.1, 0.15) is 11.6 Å². The maximum Gasteiger partial charge on any atom is 0.142 e. The summed E-state index contributed by atoms with van der Waals surface area (Å²) in [5.74, 6) is 2.61. The van der Waals surface area contributed by atoms with Crippen LogP contribution in [0.1, 0.15) is 115 Å². The molecular formula is C29H55NO2. The van der Waals surface area contributed by atoms with Crippen molar-refractivity contribution in [1.29, 1.82) is 0 Å². The highest BCUT2D eigenvalue weighted by molar-refractivity contribution is 5.87. The Bertz CT molecular complexity index is 566. The highest BCUT2D eigenvalue weighted by Crippen LogP contribution is 2.42. The Morgan fingerprint density at radius 2 is 1.06 bits per heavy atom. The lowest BCUT2D eigenvalue weighted by molar-refractivity contribution is -0.132. The molecule has 1 N–H and O–H groups in total. The summed E-state index contributed by atoms with van der Waals surface area (Å²) in [6.07, 6.45) is 5.94. The van der Waals surface area contributed by atoms with E-state index in [1.807, 2.05) is 20.8 Å². The van der Waals surface area contributed by atoms with Gasteiger partial charge >= 0.3 is 0 Å². The first kappa shape index (κ1) is 29.3. The summed E-state index contributed by atoms with van der Waals surface area (Å²) in [7, 11) is 0. The molecule has 0 aromatic heterocycles. The summed E-state index contributed by atoms with van der Waals surface area (Å²) >= 11 is 0. The Morgan fingerprint density at radius 3 is 1.50 bits per heavy atom. The molecule has 0 aromatic carbocycles. The highest BCUT2D eigenvalue weighted by atomic mass is 16.1. The first-order chi connectivity index (χ1) is 14.2. The molecule has 0 spiro atoms. The van der Waals surface area contributed by atoms with Crippen molar-refractivity contribution in [3.05, 3.63) is 0 Å². The molecule has 0 radical (unpaired) electrons. The van der Waals surface area contributed by atoms with Gasteiger partial charge in [-0.2, -0.15) is 0 Å². The number of carbonyl (C=O) groups excluding carboxylic acids is 2. The average Bonchev–Trinajstić information content (AvgIpc) is 3.18. The lowest BCUT2D eigenvalue weighted by atomic mass is 9.74. The van der Waals surface area contributed by atoms with Crippen molar-refractivity contribution >= 4 is 11.6 Å². The number of carbonyl (C=O) groups is 2. The van der Waals surface area contributed by atoms with Gasteiger partial charge in [-0.25, -0.2) is 0 Å². The molecule has 0 aromatic rings. The Labute approximate surface area is 200 Å². The molecule has 0 unspecified atom stereocenters. The molecule has 2 rings (SSSR count). The molecule has 188 valence electrons. The smallest absolute Gasteiger partial charge is 0.142 e. The Hall–Kier alpha value is -0.700. The van der Waals surface area contributed by atoms with Crippen LogP contribution in [0.15, 0.2) is 0 Å². The van der Waals surface area contributed by atoms with Crippen molar-refractivity contribution in [2.75, 3.05) is 13.1 Å². The Morgan fingerprint density at radius 1 is 0.625 bits per heavy atom. The largest absolute Gasteiger partial charge is 0.316 e. The molecule has 3 heteroatoms. The molecule has 0 amide bonds. The van der Waals surface area contributed by atoms with E-state index >= 15 is 0 Å². The maximum absolute atomic E-state index is 12.4. The zero-order valence-corrected chi connectivity index (χ0v) is 23.6. The van der Waals surface area contributed by atoms with Gasteiger partial charge in [-0.3, -0.25) is 9.59 Å². The number of hydrogen-bond donors (Lipinski definition) is 1. The number of ketones is 2. The fraction of sp³-hybridized carbons (Fsp3) is 0.931. The van der Waals surface area contributed by atoms with Gasteiger partial charge in [-0.15, -0.1) is 0 Å². The third-order valence-electron chi connectivity index (χ3n) is 6.90. The quantitative estimate of drug-likeness (QED) is 0.489. The van der Waals surface area contributed by atoms with E-state index in [1.54, 1.807) is 0 Å². The molecule has 3 nitrogen and oxygen atoms in total. The number of nitrogens with one attached hydrogen (secondary N) is 1. The molecule has 4 atom stereocenters. The number of rotatable bonds is 4. The van der Waals surface area contributed by atoms with Gasteiger partial charge in [-0.1, -0.05) is 89.5 Å². The summed E-state index contributed by atoms with van der Waals surface area (Å²) in [6.45, 7) is 27.7. The minimum Gasteiger partial charge on any atom is -0.316 e. The topological polar surface area (TPSA) is 46.2 Å². The highest BCUT2D eigenvalue weighted by Gasteiger charge is 2.40. The van der Waals surface area contributed by atoms with Gasteiger partial charge in [-0.05, 0) is 54.9 Å². The lowest BCUT2D eigenvalue weighted by Gasteiger charge is -2.30. The Kier molecular flexibility index (Phi) is 9.81. The molecule has 1 aliphatic heterocycles. The van der Waals surface area contributed by atoms with E-state index in [2.05, 4.69) is 67.6 Å². The molecule has 2 fully saturated rings. The minimum atomic E-state index is -0.202. The average molecular weight is 450 g/mol. The fourth-order valence-corrected chi connectivity index (χ4v) is 5.57. The predicted octanol–water partition coefficient (Wildman–Crippen LogP) is 7.33. The van der Waals surface area contributed by atoms with Crippen molar-refractivity contribution in [1.82, 2.24) is 5.32 Å². The number of hydrogen-bond acceptors (Lipinski definition) is 3. The standard InChI is InChI=1S/C15H28O.C14H27NO/c1-14(2,3)10-11-8-7-9-12(11)13(16)15(4,5)6;1-13(2,3)7-10-8-15-9-11(10)12(16)14(4,5)6/h11-12H,7-10H2,1-6H3;10-11,15H,7-9H2,1-6H3/t11-,12+;10-,11-/m10/s1. The van der Waals surface area contributed by atoms with E-state index in [0.717, 1.165) is 25.9 Å². The maximum atomic E-state index is 12.4. The van der Waals surface area contributed by atoms with Crippen LogP contribution in [0.25, 0.3) is 0 Å². The summed E-state index contributed by atoms with van der Waals surface area (Å²) in [5, 5.41) is 3.38.